The van der Waals surface area contributed by atoms with E-state index in [1.54, 1.807) is 24.3 Å². The lowest BCUT2D eigenvalue weighted by Gasteiger charge is -2.13. The van der Waals surface area contributed by atoms with E-state index in [1.807, 2.05) is 19.1 Å². The van der Waals surface area contributed by atoms with Gasteiger partial charge in [-0.15, -0.1) is 0 Å². The molecule has 0 aliphatic carbocycles. The molecule has 0 atom stereocenters. The van der Waals surface area contributed by atoms with Crippen LogP contribution in [0.4, 0.5) is 0 Å². The Labute approximate surface area is 156 Å². The first kappa shape index (κ1) is 19.2. The predicted molar refractivity (Wildman–Crippen MR) is 101 cm³/mol. The first-order chi connectivity index (χ1) is 12.5. The van der Waals surface area contributed by atoms with E-state index in [1.165, 1.54) is 20.3 Å². The maximum absolute atomic E-state index is 12.2. The highest BCUT2D eigenvalue weighted by Crippen LogP contribution is 2.27. The number of hydrogen-bond donors (Lipinski definition) is 3. The summed E-state index contributed by atoms with van der Waals surface area (Å²) in [5.41, 5.74) is 6.57. The molecule has 3 N–H and O–H groups in total. The molecular formula is C18H19N3O4S. The lowest BCUT2D eigenvalue weighted by molar-refractivity contribution is 0.0934. The summed E-state index contributed by atoms with van der Waals surface area (Å²) in [6.45, 7) is 1.82. The van der Waals surface area contributed by atoms with Gasteiger partial charge in [0.05, 0.1) is 14.2 Å². The molecule has 2 rings (SSSR count). The number of methoxy groups -OCH3 is 2. The number of carbonyl (C=O) groups is 2. The molecule has 0 fully saturated rings. The Hall–Kier alpha value is -3.13. The summed E-state index contributed by atoms with van der Waals surface area (Å²) < 4.78 is 10.3. The lowest BCUT2D eigenvalue weighted by Crippen LogP contribution is -2.48. The monoisotopic (exact) mass is 373 g/mol. The van der Waals surface area contributed by atoms with Gasteiger partial charge in [0.1, 0.15) is 0 Å². The molecule has 0 saturated carbocycles. The zero-order valence-corrected chi connectivity index (χ0v) is 15.4. The fourth-order valence-electron chi connectivity index (χ4n) is 2.19. The van der Waals surface area contributed by atoms with Crippen molar-refractivity contribution < 1.29 is 19.1 Å². The van der Waals surface area contributed by atoms with E-state index in [9.17, 15) is 9.59 Å². The van der Waals surface area contributed by atoms with Crippen LogP contribution in [0, 0.1) is 6.92 Å². The average molecular weight is 373 g/mol. The summed E-state index contributed by atoms with van der Waals surface area (Å²) in [5, 5.41) is 2.49. The minimum absolute atomic E-state index is 0.0212. The maximum atomic E-state index is 12.2. The Kier molecular flexibility index (Phi) is 6.51. The van der Waals surface area contributed by atoms with Crippen LogP contribution < -0.4 is 25.6 Å². The van der Waals surface area contributed by atoms with Crippen molar-refractivity contribution in [2.75, 3.05) is 14.2 Å². The fourth-order valence-corrected chi connectivity index (χ4v) is 2.34. The largest absolute Gasteiger partial charge is 0.493 e. The molecule has 2 amide bonds. The van der Waals surface area contributed by atoms with Crippen molar-refractivity contribution in [1.82, 2.24) is 16.2 Å². The van der Waals surface area contributed by atoms with E-state index >= 15 is 0 Å². The second kappa shape index (κ2) is 8.82. The highest BCUT2D eigenvalue weighted by molar-refractivity contribution is 7.80. The van der Waals surface area contributed by atoms with Crippen molar-refractivity contribution in [3.8, 4) is 11.5 Å². The number of thiocarbonyl (C=S) groups is 1. The van der Waals surface area contributed by atoms with Crippen LogP contribution in [0.25, 0.3) is 0 Å². The Morgan fingerprint density at radius 1 is 0.923 bits per heavy atom. The summed E-state index contributed by atoms with van der Waals surface area (Å²) in [7, 11) is 2.99. The van der Waals surface area contributed by atoms with Crippen LogP contribution in [-0.4, -0.2) is 31.1 Å². The van der Waals surface area contributed by atoms with E-state index in [4.69, 9.17) is 21.7 Å². The molecule has 0 spiro atoms. The molecule has 0 aromatic heterocycles. The molecule has 26 heavy (non-hydrogen) atoms. The number of aryl methyl sites for hydroxylation is 1. The zero-order chi connectivity index (χ0) is 19.1. The molecule has 0 heterocycles. The van der Waals surface area contributed by atoms with Gasteiger partial charge in [-0.05, 0) is 49.0 Å². The Morgan fingerprint density at radius 2 is 1.62 bits per heavy atom. The van der Waals surface area contributed by atoms with E-state index in [-0.39, 0.29) is 11.0 Å². The van der Waals surface area contributed by atoms with Gasteiger partial charge in [-0.2, -0.15) is 0 Å². The smallest absolute Gasteiger partial charge is 0.269 e. The molecule has 2 aromatic rings. The first-order valence-electron chi connectivity index (χ1n) is 7.65. The summed E-state index contributed by atoms with van der Waals surface area (Å²) in [5.74, 6) is 0.132. The highest BCUT2D eigenvalue weighted by atomic mass is 32.1. The average Bonchev–Trinajstić information content (AvgIpc) is 2.65. The van der Waals surface area contributed by atoms with Crippen LogP contribution in [0.1, 0.15) is 26.3 Å². The third-order valence-electron chi connectivity index (χ3n) is 3.55. The van der Waals surface area contributed by atoms with Crippen molar-refractivity contribution in [3.05, 3.63) is 59.2 Å². The van der Waals surface area contributed by atoms with Crippen molar-refractivity contribution >= 4 is 29.1 Å². The topological polar surface area (TPSA) is 88.7 Å². The van der Waals surface area contributed by atoms with Crippen molar-refractivity contribution in [2.24, 2.45) is 0 Å². The van der Waals surface area contributed by atoms with Crippen LogP contribution in [0.2, 0.25) is 0 Å². The Bertz CT molecular complexity index is 839. The minimum atomic E-state index is -0.446. The van der Waals surface area contributed by atoms with Gasteiger partial charge in [0.15, 0.2) is 16.6 Å². The maximum Gasteiger partial charge on any atom is 0.269 e. The van der Waals surface area contributed by atoms with Gasteiger partial charge < -0.3 is 9.47 Å². The van der Waals surface area contributed by atoms with Crippen molar-refractivity contribution in [3.63, 3.8) is 0 Å². The minimum Gasteiger partial charge on any atom is -0.493 e. The van der Waals surface area contributed by atoms with Gasteiger partial charge in [0.25, 0.3) is 11.8 Å². The molecule has 0 radical (unpaired) electrons. The molecule has 0 aliphatic heterocycles. The SMILES string of the molecule is COc1ccc(C(=O)NNC(=S)NC(=O)c2ccccc2C)cc1OC. The molecular weight excluding hydrogens is 354 g/mol. The summed E-state index contributed by atoms with van der Waals surface area (Å²) in [4.78, 5) is 24.3. The van der Waals surface area contributed by atoms with Crippen molar-refractivity contribution in [1.29, 1.82) is 0 Å². The number of nitrogens with one attached hydrogen (secondary N) is 3. The molecule has 0 bridgehead atoms. The zero-order valence-electron chi connectivity index (χ0n) is 14.6. The van der Waals surface area contributed by atoms with Crippen LogP contribution in [0.3, 0.4) is 0 Å². The fraction of sp³-hybridized carbons (Fsp3) is 0.167. The molecule has 8 heteroatoms. The van der Waals surface area contributed by atoms with E-state index in [0.29, 0.717) is 22.6 Å². The molecule has 0 saturated heterocycles. The lowest BCUT2D eigenvalue weighted by atomic mass is 10.1. The van der Waals surface area contributed by atoms with Crippen LogP contribution in [0.15, 0.2) is 42.5 Å². The van der Waals surface area contributed by atoms with E-state index in [0.717, 1.165) is 5.56 Å². The first-order valence-corrected chi connectivity index (χ1v) is 8.06. The summed E-state index contributed by atoms with van der Waals surface area (Å²) in [6.07, 6.45) is 0. The van der Waals surface area contributed by atoms with Gasteiger partial charge in [0.2, 0.25) is 0 Å². The Morgan fingerprint density at radius 3 is 2.27 bits per heavy atom. The number of benzene rings is 2. The van der Waals surface area contributed by atoms with Crippen LogP contribution in [0.5, 0.6) is 11.5 Å². The normalized spacial score (nSPS) is 9.81. The summed E-state index contributed by atoms with van der Waals surface area (Å²) >= 11 is 5.03. The van der Waals surface area contributed by atoms with Crippen LogP contribution in [-0.2, 0) is 0 Å². The van der Waals surface area contributed by atoms with Crippen molar-refractivity contribution in [2.45, 2.75) is 6.92 Å². The molecule has 0 aliphatic rings. The predicted octanol–water partition coefficient (Wildman–Crippen LogP) is 1.96. The standard InChI is InChI=1S/C18H19N3O4S/c1-11-6-4-5-7-13(11)17(23)19-18(26)21-20-16(22)12-8-9-14(24-2)15(10-12)25-3/h4-10H,1-3H3,(H,20,22)(H2,19,21,23,26). The summed E-state index contributed by atoms with van der Waals surface area (Å²) in [6, 6.07) is 11.8. The second-order valence-electron chi connectivity index (χ2n) is 5.25. The van der Waals surface area contributed by atoms with Gasteiger partial charge in [0, 0.05) is 11.1 Å². The molecule has 136 valence electrons. The van der Waals surface area contributed by atoms with Gasteiger partial charge in [-0.3, -0.25) is 25.8 Å². The number of rotatable bonds is 4. The third-order valence-corrected chi connectivity index (χ3v) is 3.76. The van der Waals surface area contributed by atoms with E-state index in [2.05, 4.69) is 16.2 Å². The van der Waals surface area contributed by atoms with Crippen LogP contribution >= 0.6 is 12.2 Å². The second-order valence-corrected chi connectivity index (χ2v) is 5.66. The molecule has 7 nitrogen and oxygen atoms in total. The number of hydrogen-bond acceptors (Lipinski definition) is 5. The number of carbonyl (C=O) groups excluding carboxylic acids is 2. The van der Waals surface area contributed by atoms with Gasteiger partial charge in [-0.25, -0.2) is 0 Å². The number of ether oxygens (including phenoxy) is 2. The quantitative estimate of drug-likeness (QED) is 0.561. The third kappa shape index (κ3) is 4.70. The number of amides is 2. The van der Waals surface area contributed by atoms with E-state index < -0.39 is 5.91 Å². The molecule has 2 aromatic carbocycles. The molecule has 0 unspecified atom stereocenters. The number of hydrazine groups is 1. The van der Waals surface area contributed by atoms with Gasteiger partial charge in [-0.1, -0.05) is 18.2 Å². The Balaban J connectivity index is 1.94. The van der Waals surface area contributed by atoms with Gasteiger partial charge >= 0.3 is 0 Å². The highest BCUT2D eigenvalue weighted by Gasteiger charge is 2.13.